The van der Waals surface area contributed by atoms with E-state index in [-0.39, 0.29) is 11.5 Å². The van der Waals surface area contributed by atoms with Crippen LogP contribution in [0.1, 0.15) is 22.8 Å². The van der Waals surface area contributed by atoms with Gasteiger partial charge < -0.3 is 9.84 Å². The maximum atomic E-state index is 12.4. The first-order chi connectivity index (χ1) is 10.6. The second-order valence-corrected chi connectivity index (χ2v) is 6.71. The monoisotopic (exact) mass is 376 g/mol. The number of benzene rings is 2. The number of phenols is 1. The molecule has 5 heteroatoms. The SMILES string of the molecule is CCOc1cc(Br)cc(/C=C2/Sc3ccccc3C2=O)c1O. The van der Waals surface area contributed by atoms with Crippen LogP contribution < -0.4 is 4.74 Å². The minimum atomic E-state index is -0.0158. The van der Waals surface area contributed by atoms with Crippen LogP contribution in [0.4, 0.5) is 0 Å². The third kappa shape index (κ3) is 2.78. The fourth-order valence-electron chi connectivity index (χ4n) is 2.25. The van der Waals surface area contributed by atoms with Gasteiger partial charge in [0.15, 0.2) is 11.5 Å². The number of hydrogen-bond donors (Lipinski definition) is 1. The topological polar surface area (TPSA) is 46.5 Å². The molecule has 1 aliphatic heterocycles. The summed E-state index contributed by atoms with van der Waals surface area (Å²) in [5.41, 5.74) is 1.26. The summed E-state index contributed by atoms with van der Waals surface area (Å²) in [6, 6.07) is 11.0. The van der Waals surface area contributed by atoms with Crippen molar-refractivity contribution in [2.75, 3.05) is 6.61 Å². The predicted octanol–water partition coefficient (Wildman–Crippen LogP) is 4.88. The number of thioether (sulfide) groups is 1. The van der Waals surface area contributed by atoms with Gasteiger partial charge in [0, 0.05) is 20.5 Å². The van der Waals surface area contributed by atoms with Gasteiger partial charge in [-0.3, -0.25) is 4.79 Å². The molecule has 0 spiro atoms. The number of carbonyl (C=O) groups is 1. The number of carbonyl (C=O) groups excluding carboxylic acids is 1. The molecule has 3 rings (SSSR count). The Bertz CT molecular complexity index is 783. The Morgan fingerprint density at radius 2 is 2.09 bits per heavy atom. The summed E-state index contributed by atoms with van der Waals surface area (Å²) in [6.45, 7) is 2.31. The summed E-state index contributed by atoms with van der Waals surface area (Å²) in [7, 11) is 0. The number of allylic oxidation sites excluding steroid dienone is 1. The molecular formula is C17H13BrO3S. The van der Waals surface area contributed by atoms with E-state index in [2.05, 4.69) is 15.9 Å². The highest BCUT2D eigenvalue weighted by Crippen LogP contribution is 2.43. The third-order valence-corrected chi connectivity index (χ3v) is 4.79. The van der Waals surface area contributed by atoms with E-state index in [0.29, 0.717) is 28.4 Å². The van der Waals surface area contributed by atoms with Crippen molar-refractivity contribution >= 4 is 39.6 Å². The number of halogens is 1. The molecule has 2 aromatic carbocycles. The van der Waals surface area contributed by atoms with Crippen LogP contribution in [0.2, 0.25) is 0 Å². The molecule has 112 valence electrons. The summed E-state index contributed by atoms with van der Waals surface area (Å²) in [5.74, 6) is 0.427. The lowest BCUT2D eigenvalue weighted by atomic mass is 10.1. The van der Waals surface area contributed by atoms with Crippen molar-refractivity contribution < 1.29 is 14.6 Å². The summed E-state index contributed by atoms with van der Waals surface area (Å²) in [4.78, 5) is 13.9. The molecule has 0 amide bonds. The molecule has 3 nitrogen and oxygen atoms in total. The molecule has 0 aliphatic carbocycles. The number of rotatable bonds is 3. The summed E-state index contributed by atoms with van der Waals surface area (Å²) >= 11 is 4.82. The Labute approximate surface area is 141 Å². The Balaban J connectivity index is 2.02. The first-order valence-electron chi connectivity index (χ1n) is 6.78. The highest BCUT2D eigenvalue weighted by Gasteiger charge is 2.25. The van der Waals surface area contributed by atoms with Gasteiger partial charge >= 0.3 is 0 Å². The summed E-state index contributed by atoms with van der Waals surface area (Å²) < 4.78 is 6.20. The molecule has 1 heterocycles. The van der Waals surface area contributed by atoms with Gasteiger partial charge in [-0.15, -0.1) is 0 Å². The minimum Gasteiger partial charge on any atom is -0.504 e. The maximum Gasteiger partial charge on any atom is 0.200 e. The predicted molar refractivity (Wildman–Crippen MR) is 91.6 cm³/mol. The van der Waals surface area contributed by atoms with Gasteiger partial charge in [-0.25, -0.2) is 0 Å². The number of ether oxygens (including phenoxy) is 1. The molecule has 0 saturated heterocycles. The van der Waals surface area contributed by atoms with E-state index in [1.807, 2.05) is 31.2 Å². The zero-order chi connectivity index (χ0) is 15.7. The smallest absolute Gasteiger partial charge is 0.200 e. The number of aromatic hydroxyl groups is 1. The van der Waals surface area contributed by atoms with E-state index < -0.39 is 0 Å². The summed E-state index contributed by atoms with van der Waals surface area (Å²) in [6.07, 6.45) is 1.70. The average molecular weight is 377 g/mol. The largest absolute Gasteiger partial charge is 0.504 e. The van der Waals surface area contributed by atoms with Crippen LogP contribution >= 0.6 is 27.7 Å². The third-order valence-electron chi connectivity index (χ3n) is 3.23. The van der Waals surface area contributed by atoms with Crippen LogP contribution in [0.3, 0.4) is 0 Å². The zero-order valence-electron chi connectivity index (χ0n) is 11.8. The van der Waals surface area contributed by atoms with E-state index >= 15 is 0 Å². The van der Waals surface area contributed by atoms with Crippen molar-refractivity contribution in [3.05, 3.63) is 56.9 Å². The summed E-state index contributed by atoms with van der Waals surface area (Å²) in [5, 5.41) is 10.3. The van der Waals surface area contributed by atoms with Crippen LogP contribution in [0.25, 0.3) is 6.08 Å². The lowest BCUT2D eigenvalue weighted by Crippen LogP contribution is -1.95. The Morgan fingerprint density at radius 3 is 2.82 bits per heavy atom. The maximum absolute atomic E-state index is 12.4. The van der Waals surface area contributed by atoms with Crippen molar-refractivity contribution in [3.8, 4) is 11.5 Å². The molecule has 0 unspecified atom stereocenters. The van der Waals surface area contributed by atoms with Gasteiger partial charge in [-0.05, 0) is 37.3 Å². The molecule has 1 aliphatic rings. The normalized spacial score (nSPS) is 15.2. The van der Waals surface area contributed by atoms with Gasteiger partial charge in [0.05, 0.1) is 11.5 Å². The second-order valence-electron chi connectivity index (χ2n) is 4.71. The van der Waals surface area contributed by atoms with Crippen LogP contribution in [-0.2, 0) is 0 Å². The van der Waals surface area contributed by atoms with Crippen LogP contribution in [-0.4, -0.2) is 17.5 Å². The van der Waals surface area contributed by atoms with E-state index in [0.717, 1.165) is 9.37 Å². The second kappa shape index (κ2) is 6.18. The lowest BCUT2D eigenvalue weighted by molar-refractivity contribution is 0.104. The number of phenolic OH excluding ortho intramolecular Hbond substituents is 1. The van der Waals surface area contributed by atoms with Gasteiger partial charge in [0.25, 0.3) is 0 Å². The van der Waals surface area contributed by atoms with E-state index in [4.69, 9.17) is 4.74 Å². The number of ketones is 1. The van der Waals surface area contributed by atoms with Crippen molar-refractivity contribution in [2.24, 2.45) is 0 Å². The minimum absolute atomic E-state index is 0.0158. The quantitative estimate of drug-likeness (QED) is 0.775. The highest BCUT2D eigenvalue weighted by molar-refractivity contribution is 9.10. The van der Waals surface area contributed by atoms with Gasteiger partial charge in [-0.1, -0.05) is 39.8 Å². The van der Waals surface area contributed by atoms with Crippen molar-refractivity contribution in [2.45, 2.75) is 11.8 Å². The van der Waals surface area contributed by atoms with Crippen molar-refractivity contribution in [3.63, 3.8) is 0 Å². The van der Waals surface area contributed by atoms with Crippen molar-refractivity contribution in [1.29, 1.82) is 0 Å². The molecule has 0 radical (unpaired) electrons. The van der Waals surface area contributed by atoms with Gasteiger partial charge in [-0.2, -0.15) is 0 Å². The molecule has 0 fully saturated rings. The fraction of sp³-hybridized carbons (Fsp3) is 0.118. The molecule has 22 heavy (non-hydrogen) atoms. The van der Waals surface area contributed by atoms with Gasteiger partial charge in [0.2, 0.25) is 5.78 Å². The van der Waals surface area contributed by atoms with E-state index in [9.17, 15) is 9.90 Å². The van der Waals surface area contributed by atoms with Crippen LogP contribution in [0.15, 0.2) is 50.7 Å². The fourth-order valence-corrected chi connectivity index (χ4v) is 3.74. The molecule has 0 atom stereocenters. The Morgan fingerprint density at radius 1 is 1.32 bits per heavy atom. The first kappa shape index (κ1) is 15.2. The van der Waals surface area contributed by atoms with E-state index in [1.165, 1.54) is 11.8 Å². The standard InChI is InChI=1S/C17H13BrO3S/c1-2-21-13-9-11(18)7-10(16(13)19)8-15-17(20)12-5-3-4-6-14(12)22-15/h3-9,19H,2H2,1H3/b15-8+. The first-order valence-corrected chi connectivity index (χ1v) is 8.39. The lowest BCUT2D eigenvalue weighted by Gasteiger charge is -2.09. The molecule has 0 saturated carbocycles. The highest BCUT2D eigenvalue weighted by atomic mass is 79.9. The zero-order valence-corrected chi connectivity index (χ0v) is 14.2. The van der Waals surface area contributed by atoms with Crippen LogP contribution in [0.5, 0.6) is 11.5 Å². The van der Waals surface area contributed by atoms with Gasteiger partial charge in [0.1, 0.15) is 0 Å². The average Bonchev–Trinajstić information content (AvgIpc) is 2.81. The number of Topliss-reactive ketones (excluding diaryl/α,β-unsaturated/α-hetero) is 1. The molecular weight excluding hydrogens is 364 g/mol. The van der Waals surface area contributed by atoms with Crippen molar-refractivity contribution in [1.82, 2.24) is 0 Å². The molecule has 1 N–H and O–H groups in total. The number of fused-ring (bicyclic) bond motifs is 1. The number of hydrogen-bond acceptors (Lipinski definition) is 4. The molecule has 0 aromatic heterocycles. The Hall–Kier alpha value is -1.72. The molecule has 0 bridgehead atoms. The Kier molecular flexibility index (Phi) is 4.27. The van der Waals surface area contributed by atoms with E-state index in [1.54, 1.807) is 18.2 Å². The molecule has 2 aromatic rings. The van der Waals surface area contributed by atoms with Crippen LogP contribution in [0, 0.1) is 0 Å².